The molecular weight excluding hydrogens is 378 g/mol. The average molecular weight is 397 g/mol. The molecule has 0 aliphatic carbocycles. The summed E-state index contributed by atoms with van der Waals surface area (Å²) in [5.74, 6) is 2.26. The minimum Gasteiger partial charge on any atom is -0.497 e. The van der Waals surface area contributed by atoms with Gasteiger partial charge in [-0.3, -0.25) is 9.78 Å². The van der Waals surface area contributed by atoms with E-state index in [0.29, 0.717) is 17.9 Å². The van der Waals surface area contributed by atoms with Gasteiger partial charge in [-0.2, -0.15) is 0 Å². The number of thiazole rings is 1. The molecule has 144 valence electrons. The molecule has 0 spiro atoms. The third kappa shape index (κ3) is 3.59. The summed E-state index contributed by atoms with van der Waals surface area (Å²) in [4.78, 5) is 18.6. The lowest BCUT2D eigenvalue weighted by atomic mass is 10.1. The van der Waals surface area contributed by atoms with Crippen molar-refractivity contribution < 1.29 is 14.6 Å². The Kier molecular flexibility index (Phi) is 4.79. The monoisotopic (exact) mass is 397 g/mol. The molecule has 28 heavy (non-hydrogen) atoms. The Balaban J connectivity index is 1.45. The molecule has 2 heterocycles. The van der Waals surface area contributed by atoms with Crippen molar-refractivity contribution in [3.8, 4) is 17.4 Å². The predicted octanol–water partition coefficient (Wildman–Crippen LogP) is 3.21. The topological polar surface area (TPSA) is 89.4 Å². The summed E-state index contributed by atoms with van der Waals surface area (Å²) in [6.45, 7) is 0.340. The Morgan fingerprint density at radius 2 is 1.93 bits per heavy atom. The summed E-state index contributed by atoms with van der Waals surface area (Å²) in [6, 6.07) is 13.3. The number of nitrogens with one attached hydrogen (secondary N) is 1. The van der Waals surface area contributed by atoms with Crippen molar-refractivity contribution in [2.24, 2.45) is 7.05 Å². The van der Waals surface area contributed by atoms with Gasteiger partial charge in [-0.25, -0.2) is 4.98 Å². The first-order chi connectivity index (χ1) is 13.5. The molecule has 8 heteroatoms. The van der Waals surface area contributed by atoms with Crippen LogP contribution in [0.2, 0.25) is 0 Å². The van der Waals surface area contributed by atoms with Gasteiger partial charge >= 0.3 is 4.87 Å². The van der Waals surface area contributed by atoms with Gasteiger partial charge in [0.05, 0.1) is 23.0 Å². The summed E-state index contributed by atoms with van der Waals surface area (Å²) in [5, 5.41) is 9.69. The molecule has 0 aliphatic rings. The minimum absolute atomic E-state index is 0.0613. The molecule has 0 amide bonds. The van der Waals surface area contributed by atoms with Crippen LogP contribution in [0.3, 0.4) is 0 Å². The summed E-state index contributed by atoms with van der Waals surface area (Å²) in [6.07, 6.45) is 0.488. The molecule has 4 aromatic rings. The zero-order valence-corrected chi connectivity index (χ0v) is 16.2. The Hall–Kier alpha value is -3.26. The maximum absolute atomic E-state index is 11.3. The fourth-order valence-corrected chi connectivity index (χ4v) is 3.74. The van der Waals surface area contributed by atoms with Crippen LogP contribution in [-0.4, -0.2) is 26.8 Å². The van der Waals surface area contributed by atoms with Gasteiger partial charge in [0.15, 0.2) is 0 Å². The number of hydrogen-bond acceptors (Lipinski definition) is 6. The molecule has 2 N–H and O–H groups in total. The van der Waals surface area contributed by atoms with E-state index < -0.39 is 0 Å². The van der Waals surface area contributed by atoms with Gasteiger partial charge in [0, 0.05) is 19.5 Å². The third-order valence-electron chi connectivity index (χ3n) is 4.54. The number of aromatic nitrogens is 3. The number of H-pyrrole nitrogens is 1. The highest BCUT2D eigenvalue weighted by Gasteiger charge is 2.10. The highest BCUT2D eigenvalue weighted by atomic mass is 32.1. The average Bonchev–Trinajstić information content (AvgIpc) is 3.19. The molecule has 0 saturated heterocycles. The van der Waals surface area contributed by atoms with Gasteiger partial charge in [0.1, 0.15) is 23.9 Å². The Morgan fingerprint density at radius 1 is 1.18 bits per heavy atom. The molecule has 2 aromatic carbocycles. The SMILES string of the molecule is COc1ccc2nc(COc3ccc(Cc4sc(=O)[nH]c4O)cc3)n(C)c2c1. The smallest absolute Gasteiger partial charge is 0.307 e. The number of rotatable bonds is 6. The Morgan fingerprint density at radius 3 is 2.61 bits per heavy atom. The van der Waals surface area contributed by atoms with Crippen LogP contribution in [0, 0.1) is 0 Å². The molecule has 2 aromatic heterocycles. The van der Waals surface area contributed by atoms with Gasteiger partial charge in [0.2, 0.25) is 5.88 Å². The van der Waals surface area contributed by atoms with Crippen LogP contribution in [0.15, 0.2) is 47.3 Å². The largest absolute Gasteiger partial charge is 0.497 e. The maximum Gasteiger partial charge on any atom is 0.307 e. The number of fused-ring (bicyclic) bond motifs is 1. The fraction of sp³-hybridized carbons (Fsp3) is 0.200. The summed E-state index contributed by atoms with van der Waals surface area (Å²) >= 11 is 1.01. The summed E-state index contributed by atoms with van der Waals surface area (Å²) < 4.78 is 13.1. The third-order valence-corrected chi connectivity index (χ3v) is 5.41. The van der Waals surface area contributed by atoms with E-state index >= 15 is 0 Å². The zero-order chi connectivity index (χ0) is 19.7. The molecule has 7 nitrogen and oxygen atoms in total. The van der Waals surface area contributed by atoms with Crippen LogP contribution in [0.25, 0.3) is 11.0 Å². The first-order valence-electron chi connectivity index (χ1n) is 8.65. The van der Waals surface area contributed by atoms with Crippen LogP contribution < -0.4 is 14.3 Å². The van der Waals surface area contributed by atoms with Crippen molar-refractivity contribution in [3.05, 3.63) is 68.4 Å². The lowest BCUT2D eigenvalue weighted by molar-refractivity contribution is 0.292. The van der Waals surface area contributed by atoms with E-state index in [4.69, 9.17) is 9.47 Å². The van der Waals surface area contributed by atoms with Crippen LogP contribution in [0.4, 0.5) is 0 Å². The van der Waals surface area contributed by atoms with Gasteiger partial charge in [-0.15, -0.1) is 0 Å². The molecule has 0 saturated carbocycles. The van der Waals surface area contributed by atoms with Crippen molar-refractivity contribution in [2.45, 2.75) is 13.0 Å². The first-order valence-corrected chi connectivity index (χ1v) is 9.47. The first kappa shape index (κ1) is 18.1. The standard InChI is InChI=1S/C20H19N3O4S/c1-23-16-10-14(26-2)7-8-15(16)21-18(23)11-27-13-5-3-12(4-6-13)9-17-19(24)22-20(25)28-17/h3-8,10,24H,9,11H2,1-2H3,(H,22,25). The number of imidazole rings is 1. The molecule has 0 aliphatic heterocycles. The van der Waals surface area contributed by atoms with Crippen LogP contribution in [-0.2, 0) is 20.1 Å². The van der Waals surface area contributed by atoms with Crippen molar-refractivity contribution >= 4 is 22.4 Å². The molecule has 4 rings (SSSR count). The van der Waals surface area contributed by atoms with Crippen molar-refractivity contribution in [3.63, 3.8) is 0 Å². The Bertz CT molecular complexity index is 1170. The number of aromatic amines is 1. The van der Waals surface area contributed by atoms with Crippen molar-refractivity contribution in [2.75, 3.05) is 7.11 Å². The van der Waals surface area contributed by atoms with Gasteiger partial charge < -0.3 is 19.1 Å². The molecule has 0 bridgehead atoms. The lowest BCUT2D eigenvalue weighted by Crippen LogP contribution is -2.03. The lowest BCUT2D eigenvalue weighted by Gasteiger charge is -2.07. The van der Waals surface area contributed by atoms with Crippen molar-refractivity contribution in [1.82, 2.24) is 14.5 Å². The van der Waals surface area contributed by atoms with Crippen LogP contribution in [0.1, 0.15) is 16.3 Å². The normalized spacial score (nSPS) is 11.1. The van der Waals surface area contributed by atoms with Crippen LogP contribution in [0.5, 0.6) is 17.4 Å². The van der Waals surface area contributed by atoms with Gasteiger partial charge in [-0.1, -0.05) is 23.5 Å². The second-order valence-electron chi connectivity index (χ2n) is 6.34. The second kappa shape index (κ2) is 7.40. The number of benzene rings is 2. The number of ether oxygens (including phenoxy) is 2. The van der Waals surface area contributed by atoms with E-state index in [9.17, 15) is 9.90 Å². The maximum atomic E-state index is 11.3. The molecule has 0 unspecified atom stereocenters. The number of aromatic hydroxyl groups is 1. The molecule has 0 atom stereocenters. The van der Waals surface area contributed by atoms with E-state index in [1.807, 2.05) is 54.1 Å². The van der Waals surface area contributed by atoms with Gasteiger partial charge in [-0.05, 0) is 29.8 Å². The highest BCUT2D eigenvalue weighted by Crippen LogP contribution is 2.24. The number of nitrogens with zero attached hydrogens (tertiary/aromatic N) is 2. The molecule has 0 radical (unpaired) electrons. The highest BCUT2D eigenvalue weighted by molar-refractivity contribution is 7.09. The minimum atomic E-state index is -0.257. The number of methoxy groups -OCH3 is 1. The van der Waals surface area contributed by atoms with E-state index in [1.165, 1.54) is 0 Å². The predicted molar refractivity (Wildman–Crippen MR) is 107 cm³/mol. The zero-order valence-electron chi connectivity index (χ0n) is 15.4. The number of hydrogen-bond donors (Lipinski definition) is 2. The fourth-order valence-electron chi connectivity index (χ4n) is 2.98. The van der Waals surface area contributed by atoms with Crippen LogP contribution >= 0.6 is 11.3 Å². The quantitative estimate of drug-likeness (QED) is 0.522. The van der Waals surface area contributed by atoms with Crippen molar-refractivity contribution in [1.29, 1.82) is 0 Å². The molecule has 0 fully saturated rings. The summed E-state index contributed by atoms with van der Waals surface area (Å²) in [5.41, 5.74) is 2.86. The van der Waals surface area contributed by atoms with E-state index in [1.54, 1.807) is 7.11 Å². The summed E-state index contributed by atoms with van der Waals surface area (Å²) in [7, 11) is 3.59. The van der Waals surface area contributed by atoms with Gasteiger partial charge in [0.25, 0.3) is 0 Å². The number of aryl methyl sites for hydroxylation is 1. The van der Waals surface area contributed by atoms with E-state index in [0.717, 1.165) is 45.3 Å². The Labute approximate surface area is 164 Å². The van der Waals surface area contributed by atoms with E-state index in [-0.39, 0.29) is 10.8 Å². The second-order valence-corrected chi connectivity index (χ2v) is 7.41. The van der Waals surface area contributed by atoms with E-state index in [2.05, 4.69) is 9.97 Å². The molecular formula is C20H19N3O4S.